The van der Waals surface area contributed by atoms with Crippen molar-refractivity contribution in [1.29, 1.82) is 0 Å². The fraction of sp³-hybridized carbons (Fsp3) is 0.351. The first-order chi connectivity index (χ1) is 36.8. The zero-order chi connectivity index (χ0) is 57.0. The molecule has 0 unspecified atom stereocenters. The average molecular weight is 1240 g/mol. The summed E-state index contributed by atoms with van der Waals surface area (Å²) in [6, 6.07) is 61.4. The van der Waals surface area contributed by atoms with Gasteiger partial charge in [-0.25, -0.2) is 4.98 Å². The minimum absolute atomic E-state index is 0. The minimum atomic E-state index is -0.407. The molecule has 5 nitrogen and oxygen atoms in total. The molecular formula is C74H83N4OPt-3. The maximum Gasteiger partial charge on any atom is 0.135 e. The molecule has 418 valence electrons. The van der Waals surface area contributed by atoms with E-state index < -0.39 is 5.41 Å². The van der Waals surface area contributed by atoms with Crippen LogP contribution in [-0.4, -0.2) is 9.55 Å². The van der Waals surface area contributed by atoms with Gasteiger partial charge in [-0.15, -0.1) is 53.6 Å². The molecule has 2 aromatic heterocycles. The van der Waals surface area contributed by atoms with Gasteiger partial charge in [-0.2, -0.15) is 6.07 Å². The summed E-state index contributed by atoms with van der Waals surface area (Å²) >= 11 is 0. The predicted octanol–water partition coefficient (Wildman–Crippen LogP) is 20.1. The van der Waals surface area contributed by atoms with Crippen molar-refractivity contribution in [2.45, 2.75) is 169 Å². The first-order valence-corrected chi connectivity index (χ1v) is 28.4. The first kappa shape index (κ1) is 58.2. The monoisotopic (exact) mass is 1240 g/mol. The molecule has 1 aliphatic rings. The Balaban J connectivity index is 0.00000774. The molecule has 6 heteroatoms. The van der Waals surface area contributed by atoms with Crippen LogP contribution in [-0.2, 0) is 59.0 Å². The number of benzene rings is 7. The van der Waals surface area contributed by atoms with Gasteiger partial charge in [0, 0.05) is 66.8 Å². The smallest absolute Gasteiger partial charge is 0.135 e. The number of aromatic nitrogens is 2. The molecule has 0 saturated carbocycles. The molecule has 0 radical (unpaired) electrons. The minimum Gasteiger partial charge on any atom is -0.509 e. The molecule has 0 amide bonds. The molecular weight excluding hydrogens is 1160 g/mol. The van der Waals surface area contributed by atoms with Crippen LogP contribution in [0.25, 0.3) is 27.6 Å². The topological polar surface area (TPSA) is 33.5 Å². The number of pyridine rings is 1. The van der Waals surface area contributed by atoms with Gasteiger partial charge in [0.2, 0.25) is 0 Å². The van der Waals surface area contributed by atoms with Gasteiger partial charge in [-0.3, -0.25) is 0 Å². The number of hydrogen-bond acceptors (Lipinski definition) is 4. The third kappa shape index (κ3) is 11.1. The summed E-state index contributed by atoms with van der Waals surface area (Å²) in [7, 11) is 0. The molecule has 7 aromatic carbocycles. The normalized spacial score (nSPS) is 13.7. The van der Waals surface area contributed by atoms with E-state index >= 15 is 0 Å². The quantitative estimate of drug-likeness (QED) is 0.135. The van der Waals surface area contributed by atoms with E-state index in [-0.39, 0.29) is 53.6 Å². The first-order valence-electron chi connectivity index (χ1n) is 28.4. The molecule has 80 heavy (non-hydrogen) atoms. The second-order valence-corrected chi connectivity index (χ2v) is 28.5. The number of fused-ring (bicyclic) bond motifs is 4. The van der Waals surface area contributed by atoms with Crippen LogP contribution in [0.4, 0.5) is 22.7 Å². The van der Waals surface area contributed by atoms with Crippen molar-refractivity contribution in [3.63, 3.8) is 0 Å². The zero-order valence-corrected chi connectivity index (χ0v) is 53.3. The number of nitrogens with zero attached hydrogens (tertiary/aromatic N) is 4. The van der Waals surface area contributed by atoms with Crippen LogP contribution in [0.1, 0.15) is 182 Å². The van der Waals surface area contributed by atoms with Crippen molar-refractivity contribution in [2.75, 3.05) is 9.80 Å². The zero-order valence-electron chi connectivity index (χ0n) is 51.0. The second kappa shape index (κ2) is 20.5. The van der Waals surface area contributed by atoms with Gasteiger partial charge < -0.3 is 19.1 Å². The van der Waals surface area contributed by atoms with E-state index in [0.29, 0.717) is 11.5 Å². The van der Waals surface area contributed by atoms with Crippen LogP contribution in [0.2, 0.25) is 0 Å². The Bertz CT molecular complexity index is 3720. The van der Waals surface area contributed by atoms with Crippen LogP contribution in [0.15, 0.2) is 152 Å². The van der Waals surface area contributed by atoms with Crippen LogP contribution in [0.3, 0.4) is 0 Å². The summed E-state index contributed by atoms with van der Waals surface area (Å²) in [5.74, 6) is 2.03. The number of hydrogen-bond donors (Lipinski definition) is 0. The van der Waals surface area contributed by atoms with Crippen molar-refractivity contribution >= 4 is 44.6 Å². The fourth-order valence-electron chi connectivity index (χ4n) is 11.3. The van der Waals surface area contributed by atoms with Crippen molar-refractivity contribution in [3.8, 4) is 17.3 Å². The maximum atomic E-state index is 7.21. The average Bonchev–Trinajstić information content (AvgIpc) is 3.93. The fourth-order valence-corrected chi connectivity index (χ4v) is 11.3. The summed E-state index contributed by atoms with van der Waals surface area (Å²) in [6.07, 6.45) is 1.95. The third-order valence-electron chi connectivity index (χ3n) is 16.6. The van der Waals surface area contributed by atoms with E-state index in [1.807, 2.05) is 6.20 Å². The van der Waals surface area contributed by atoms with Crippen molar-refractivity contribution in [1.82, 2.24) is 9.55 Å². The van der Waals surface area contributed by atoms with E-state index in [1.165, 1.54) is 44.5 Å². The molecule has 1 aliphatic heterocycles. The molecule has 0 spiro atoms. The second-order valence-electron chi connectivity index (χ2n) is 28.5. The number of rotatable bonds is 9. The molecule has 0 aliphatic carbocycles. The Morgan fingerprint density at radius 3 is 1.49 bits per heavy atom. The molecule has 0 bridgehead atoms. The van der Waals surface area contributed by atoms with Gasteiger partial charge in [0.15, 0.2) is 0 Å². The van der Waals surface area contributed by atoms with Crippen molar-refractivity contribution in [3.05, 3.63) is 221 Å². The van der Waals surface area contributed by atoms with Gasteiger partial charge in [-0.1, -0.05) is 216 Å². The SMILES string of the molecule is CC(C)(C)c1cc(N2[CH-]N(c3[c-]c(Oc4[c-]c5c(cc4)c4cc(C(C)(C)C)ccc4n5-c4cc(C(C)(C)c5ccccc5)ccn4)cc(C(C)(C)c4ccccc4)c3)c3cc(C(C)(C)C)c(C(C)(C)C)cc32)cc(C(C)(C)C)c1.[Pt]. The van der Waals surface area contributed by atoms with E-state index in [1.54, 1.807) is 0 Å². The summed E-state index contributed by atoms with van der Waals surface area (Å²) in [6.45, 7) is 46.2. The third-order valence-corrected chi connectivity index (χ3v) is 16.6. The maximum absolute atomic E-state index is 7.21. The molecule has 0 saturated heterocycles. The largest absolute Gasteiger partial charge is 0.509 e. The molecule has 0 atom stereocenters. The predicted molar refractivity (Wildman–Crippen MR) is 335 cm³/mol. The Morgan fingerprint density at radius 1 is 0.412 bits per heavy atom. The van der Waals surface area contributed by atoms with E-state index in [9.17, 15) is 0 Å². The summed E-state index contributed by atoms with van der Waals surface area (Å²) in [5, 5.41) is 2.24. The van der Waals surface area contributed by atoms with Gasteiger partial charge in [0.1, 0.15) is 5.82 Å². The van der Waals surface area contributed by atoms with Crippen molar-refractivity contribution < 1.29 is 25.8 Å². The summed E-state index contributed by atoms with van der Waals surface area (Å²) < 4.78 is 9.47. The van der Waals surface area contributed by atoms with Crippen LogP contribution in [0.5, 0.6) is 11.5 Å². The van der Waals surface area contributed by atoms with E-state index in [4.69, 9.17) is 9.72 Å². The molecule has 10 rings (SSSR count). The Hall–Kier alpha value is -6.42. The van der Waals surface area contributed by atoms with E-state index in [0.717, 1.165) is 55.9 Å². The van der Waals surface area contributed by atoms with Gasteiger partial charge in [0.05, 0.1) is 0 Å². The number of ether oxygens (including phenoxy) is 1. The molecule has 9 aromatic rings. The van der Waals surface area contributed by atoms with Crippen LogP contribution < -0.4 is 14.5 Å². The van der Waals surface area contributed by atoms with E-state index in [2.05, 4.69) is 310 Å². The van der Waals surface area contributed by atoms with Gasteiger partial charge in [-0.05, 0) is 125 Å². The van der Waals surface area contributed by atoms with Crippen LogP contribution in [0, 0.1) is 18.8 Å². The molecule has 0 N–H and O–H groups in total. The van der Waals surface area contributed by atoms with Crippen LogP contribution >= 0.6 is 0 Å². The summed E-state index contributed by atoms with van der Waals surface area (Å²) in [5.41, 5.74) is 16.4. The Labute approximate surface area is 494 Å². The Kier molecular flexibility index (Phi) is 14.9. The van der Waals surface area contributed by atoms with Crippen molar-refractivity contribution in [2.24, 2.45) is 0 Å². The number of anilines is 4. The molecule has 0 fully saturated rings. The van der Waals surface area contributed by atoms with Gasteiger partial charge >= 0.3 is 0 Å². The summed E-state index contributed by atoms with van der Waals surface area (Å²) in [4.78, 5) is 9.87. The molecule has 3 heterocycles. The standard InChI is InChI=1S/C74H83N4O.Pt/c1-68(2,3)50-30-33-63-60(41-50)59-32-31-57(44-64(59)78(63)67-42-51(34-35-75-67)73(16,17)48-26-22-20-23-27-48)79-58-40-54(74(18,19)49-28-24-21-25-29-49)39-56(43-58)77-47-76(55-37-52(69(4,5)6)36-53(38-55)70(7,8)9)65-45-61(71(10,11)12)62(46-66(65)77)72(13,14)15;/h20-42,45-47H,1-19H3;/q-3;. The Morgan fingerprint density at radius 2 is 0.950 bits per heavy atom. The van der Waals surface area contributed by atoms with Gasteiger partial charge in [0.25, 0.3) is 0 Å².